The van der Waals surface area contributed by atoms with Gasteiger partial charge in [0.15, 0.2) is 4.96 Å². The first-order chi connectivity index (χ1) is 12.1. The van der Waals surface area contributed by atoms with Crippen LogP contribution < -0.4 is 10.9 Å². The topological polar surface area (TPSA) is 63.5 Å². The monoisotopic (exact) mass is 373 g/mol. The van der Waals surface area contributed by atoms with E-state index in [1.54, 1.807) is 10.5 Å². The number of aryl methyl sites for hydroxylation is 2. The first-order valence-corrected chi connectivity index (χ1v) is 10.0. The molecule has 7 heteroatoms. The van der Waals surface area contributed by atoms with Crippen LogP contribution in [0.2, 0.25) is 0 Å². The SMILES string of the molecule is CCc1ccccc1NC(=O)CSCc1cc(=O)n2c(C)csc2n1. The molecule has 0 aliphatic rings. The second-order valence-electron chi connectivity index (χ2n) is 5.63. The van der Waals surface area contributed by atoms with Crippen LogP contribution in [0, 0.1) is 6.92 Å². The van der Waals surface area contributed by atoms with Crippen molar-refractivity contribution in [1.29, 1.82) is 0 Å². The fraction of sp³-hybridized carbons (Fsp3) is 0.278. The van der Waals surface area contributed by atoms with Gasteiger partial charge in [0.1, 0.15) is 0 Å². The number of thioether (sulfide) groups is 1. The Labute approximate surface area is 154 Å². The summed E-state index contributed by atoms with van der Waals surface area (Å²) in [6.07, 6.45) is 0.873. The molecule has 3 aromatic rings. The number of anilines is 1. The molecule has 2 heterocycles. The van der Waals surface area contributed by atoms with Crippen LogP contribution in [-0.4, -0.2) is 21.0 Å². The van der Waals surface area contributed by atoms with Crippen LogP contribution in [0.25, 0.3) is 4.96 Å². The summed E-state index contributed by atoms with van der Waals surface area (Å²) in [5, 5.41) is 4.86. The normalized spacial score (nSPS) is 11.0. The van der Waals surface area contributed by atoms with E-state index in [-0.39, 0.29) is 11.5 Å². The Morgan fingerprint density at radius 3 is 2.96 bits per heavy atom. The summed E-state index contributed by atoms with van der Waals surface area (Å²) in [6.45, 7) is 3.95. The molecule has 3 rings (SSSR count). The first kappa shape index (κ1) is 17.7. The van der Waals surface area contributed by atoms with Gasteiger partial charge >= 0.3 is 0 Å². The number of amides is 1. The molecule has 0 atom stereocenters. The number of carbonyl (C=O) groups is 1. The summed E-state index contributed by atoms with van der Waals surface area (Å²) in [4.78, 5) is 29.5. The zero-order chi connectivity index (χ0) is 17.8. The molecule has 2 aromatic heterocycles. The maximum Gasteiger partial charge on any atom is 0.258 e. The van der Waals surface area contributed by atoms with Gasteiger partial charge in [-0.2, -0.15) is 0 Å². The molecule has 1 amide bonds. The van der Waals surface area contributed by atoms with Gasteiger partial charge in [-0.25, -0.2) is 4.98 Å². The smallest absolute Gasteiger partial charge is 0.258 e. The standard InChI is InChI=1S/C18H19N3O2S2/c1-3-13-6-4-5-7-15(13)20-16(22)11-24-10-14-8-17(23)21-12(2)9-25-18(21)19-14/h4-9H,3,10-11H2,1-2H3,(H,20,22). The number of para-hydroxylation sites is 1. The van der Waals surface area contributed by atoms with E-state index in [0.717, 1.165) is 23.4 Å². The lowest BCUT2D eigenvalue weighted by atomic mass is 10.1. The van der Waals surface area contributed by atoms with E-state index in [1.165, 1.54) is 23.1 Å². The number of nitrogens with one attached hydrogen (secondary N) is 1. The average molecular weight is 374 g/mol. The molecule has 0 bridgehead atoms. The summed E-state index contributed by atoms with van der Waals surface area (Å²) in [5.74, 6) is 0.810. The van der Waals surface area contributed by atoms with Crippen LogP contribution in [0.5, 0.6) is 0 Å². The maximum absolute atomic E-state index is 12.1. The van der Waals surface area contributed by atoms with Crippen molar-refractivity contribution in [1.82, 2.24) is 9.38 Å². The van der Waals surface area contributed by atoms with E-state index >= 15 is 0 Å². The van der Waals surface area contributed by atoms with Crippen LogP contribution in [0.15, 0.2) is 40.5 Å². The first-order valence-electron chi connectivity index (χ1n) is 8.00. The van der Waals surface area contributed by atoms with E-state index in [0.29, 0.717) is 22.2 Å². The number of hydrogen-bond acceptors (Lipinski definition) is 5. The number of hydrogen-bond donors (Lipinski definition) is 1. The highest BCUT2D eigenvalue weighted by atomic mass is 32.2. The van der Waals surface area contributed by atoms with Crippen LogP contribution in [-0.2, 0) is 17.0 Å². The zero-order valence-corrected chi connectivity index (χ0v) is 15.7. The Balaban J connectivity index is 1.59. The summed E-state index contributed by atoms with van der Waals surface area (Å²) < 4.78 is 1.60. The van der Waals surface area contributed by atoms with Crippen molar-refractivity contribution in [2.45, 2.75) is 26.0 Å². The van der Waals surface area contributed by atoms with E-state index in [9.17, 15) is 9.59 Å². The maximum atomic E-state index is 12.1. The van der Waals surface area contributed by atoms with Gasteiger partial charge in [0.25, 0.3) is 5.56 Å². The molecular weight excluding hydrogens is 354 g/mol. The Kier molecular flexibility index (Phi) is 5.55. The highest BCUT2D eigenvalue weighted by molar-refractivity contribution is 7.99. The Hall–Kier alpha value is -2.12. The molecule has 0 saturated heterocycles. The van der Waals surface area contributed by atoms with Gasteiger partial charge < -0.3 is 5.32 Å². The van der Waals surface area contributed by atoms with Crippen LogP contribution >= 0.6 is 23.1 Å². The lowest BCUT2D eigenvalue weighted by molar-refractivity contribution is -0.113. The van der Waals surface area contributed by atoms with Crippen LogP contribution in [0.3, 0.4) is 0 Å². The van der Waals surface area contributed by atoms with Crippen LogP contribution in [0.1, 0.15) is 23.9 Å². The van der Waals surface area contributed by atoms with E-state index in [2.05, 4.69) is 17.2 Å². The van der Waals surface area contributed by atoms with Crippen molar-refractivity contribution < 1.29 is 4.79 Å². The fourth-order valence-corrected chi connectivity index (χ4v) is 4.17. The Morgan fingerprint density at radius 1 is 1.36 bits per heavy atom. The molecule has 0 radical (unpaired) electrons. The molecule has 0 unspecified atom stereocenters. The van der Waals surface area contributed by atoms with Gasteiger partial charge in [-0.05, 0) is 25.0 Å². The van der Waals surface area contributed by atoms with Gasteiger partial charge in [-0.15, -0.1) is 23.1 Å². The van der Waals surface area contributed by atoms with Crippen molar-refractivity contribution in [3.05, 3.63) is 63.0 Å². The number of nitrogens with zero attached hydrogens (tertiary/aromatic N) is 2. The zero-order valence-electron chi connectivity index (χ0n) is 14.1. The van der Waals surface area contributed by atoms with E-state index < -0.39 is 0 Å². The molecule has 0 aliphatic heterocycles. The molecule has 130 valence electrons. The number of carbonyl (C=O) groups excluding carboxylic acids is 1. The van der Waals surface area contributed by atoms with Gasteiger partial charge in [0.05, 0.1) is 11.4 Å². The summed E-state index contributed by atoms with van der Waals surface area (Å²) in [7, 11) is 0. The number of fused-ring (bicyclic) bond motifs is 1. The second kappa shape index (κ2) is 7.84. The molecule has 0 fully saturated rings. The van der Waals surface area contributed by atoms with Crippen molar-refractivity contribution in [2.75, 3.05) is 11.1 Å². The molecule has 0 saturated carbocycles. The third kappa shape index (κ3) is 4.11. The van der Waals surface area contributed by atoms with Crippen molar-refractivity contribution in [3.63, 3.8) is 0 Å². The number of rotatable bonds is 6. The minimum Gasteiger partial charge on any atom is -0.325 e. The van der Waals surface area contributed by atoms with Gasteiger partial charge in [-0.3, -0.25) is 14.0 Å². The van der Waals surface area contributed by atoms with Crippen molar-refractivity contribution >= 4 is 39.7 Å². The molecular formula is C18H19N3O2S2. The van der Waals surface area contributed by atoms with Gasteiger partial charge in [0, 0.05) is 28.6 Å². The van der Waals surface area contributed by atoms with Crippen LogP contribution in [0.4, 0.5) is 5.69 Å². The molecule has 1 aromatic carbocycles. The fourth-order valence-electron chi connectivity index (χ4n) is 2.56. The Bertz CT molecular complexity index is 962. The molecule has 1 N–H and O–H groups in total. The molecule has 0 spiro atoms. The third-order valence-corrected chi connectivity index (χ3v) is 5.69. The molecule has 5 nitrogen and oxygen atoms in total. The van der Waals surface area contributed by atoms with Gasteiger partial charge in [-0.1, -0.05) is 25.1 Å². The predicted octanol–water partition coefficient (Wildman–Crippen LogP) is 3.50. The molecule has 25 heavy (non-hydrogen) atoms. The largest absolute Gasteiger partial charge is 0.325 e. The lowest BCUT2D eigenvalue weighted by Crippen LogP contribution is -2.16. The second-order valence-corrected chi connectivity index (χ2v) is 7.45. The third-order valence-electron chi connectivity index (χ3n) is 3.78. The van der Waals surface area contributed by atoms with E-state index in [4.69, 9.17) is 0 Å². The highest BCUT2D eigenvalue weighted by Crippen LogP contribution is 2.17. The summed E-state index contributed by atoms with van der Waals surface area (Å²) in [6, 6.07) is 9.35. The van der Waals surface area contributed by atoms with Crippen molar-refractivity contribution in [3.8, 4) is 0 Å². The van der Waals surface area contributed by atoms with Crippen molar-refractivity contribution in [2.24, 2.45) is 0 Å². The number of benzene rings is 1. The van der Waals surface area contributed by atoms with E-state index in [1.807, 2.05) is 36.6 Å². The molecule has 0 aliphatic carbocycles. The number of thiazole rings is 1. The quantitative estimate of drug-likeness (QED) is 0.718. The minimum atomic E-state index is -0.0688. The average Bonchev–Trinajstić information content (AvgIpc) is 2.97. The highest BCUT2D eigenvalue weighted by Gasteiger charge is 2.09. The van der Waals surface area contributed by atoms with Gasteiger partial charge in [0.2, 0.25) is 5.91 Å². The summed E-state index contributed by atoms with van der Waals surface area (Å²) >= 11 is 2.90. The minimum absolute atomic E-state index is 0.0457. The Morgan fingerprint density at radius 2 is 2.16 bits per heavy atom. The summed E-state index contributed by atoms with van der Waals surface area (Å²) in [5.41, 5.74) is 3.52. The number of aromatic nitrogens is 2. The lowest BCUT2D eigenvalue weighted by Gasteiger charge is -2.09. The predicted molar refractivity (Wildman–Crippen MR) is 105 cm³/mol.